The SMILES string of the molecule is Cc1cc(Nc2nc(NN)c(Cl)cc2Cl)cc(C)c1Br. The number of anilines is 3. The van der Waals surface area contributed by atoms with Gasteiger partial charge < -0.3 is 10.7 Å². The van der Waals surface area contributed by atoms with E-state index in [9.17, 15) is 0 Å². The van der Waals surface area contributed by atoms with Gasteiger partial charge in [-0.2, -0.15) is 0 Å². The van der Waals surface area contributed by atoms with E-state index < -0.39 is 0 Å². The van der Waals surface area contributed by atoms with Gasteiger partial charge in [0.2, 0.25) is 0 Å². The highest BCUT2D eigenvalue weighted by Gasteiger charge is 2.10. The summed E-state index contributed by atoms with van der Waals surface area (Å²) in [5.41, 5.74) is 5.56. The second kappa shape index (κ2) is 6.18. The van der Waals surface area contributed by atoms with Crippen LogP contribution in [0.5, 0.6) is 0 Å². The maximum atomic E-state index is 6.13. The molecule has 0 unspecified atom stereocenters. The minimum atomic E-state index is 0.365. The number of benzene rings is 1. The van der Waals surface area contributed by atoms with Crippen LogP contribution in [0.3, 0.4) is 0 Å². The van der Waals surface area contributed by atoms with Gasteiger partial charge in [0.25, 0.3) is 0 Å². The fourth-order valence-corrected chi connectivity index (χ4v) is 2.50. The molecule has 4 nitrogen and oxygen atoms in total. The second-order valence-electron chi connectivity index (χ2n) is 4.34. The third kappa shape index (κ3) is 3.17. The topological polar surface area (TPSA) is 63.0 Å². The van der Waals surface area contributed by atoms with Gasteiger partial charge in [-0.25, -0.2) is 10.8 Å². The molecule has 1 heterocycles. The van der Waals surface area contributed by atoms with Crippen LogP contribution < -0.4 is 16.6 Å². The Labute approximate surface area is 135 Å². The number of hydrogen-bond acceptors (Lipinski definition) is 4. The summed E-state index contributed by atoms with van der Waals surface area (Å²) in [5, 5.41) is 3.96. The first kappa shape index (κ1) is 15.4. The normalized spacial score (nSPS) is 10.5. The fraction of sp³-hybridized carbons (Fsp3) is 0.154. The molecule has 106 valence electrons. The summed E-state index contributed by atoms with van der Waals surface area (Å²) >= 11 is 15.6. The van der Waals surface area contributed by atoms with E-state index in [1.807, 2.05) is 26.0 Å². The number of nitrogens with zero attached hydrogens (tertiary/aromatic N) is 1. The lowest BCUT2D eigenvalue weighted by Crippen LogP contribution is -2.10. The van der Waals surface area contributed by atoms with Crippen molar-refractivity contribution in [2.75, 3.05) is 10.7 Å². The van der Waals surface area contributed by atoms with Gasteiger partial charge in [0.15, 0.2) is 11.6 Å². The number of aryl methyl sites for hydroxylation is 2. The first-order chi connectivity index (χ1) is 9.42. The highest BCUT2D eigenvalue weighted by atomic mass is 79.9. The number of pyridine rings is 1. The summed E-state index contributed by atoms with van der Waals surface area (Å²) in [6, 6.07) is 5.59. The molecule has 1 aromatic carbocycles. The Morgan fingerprint density at radius 2 is 1.60 bits per heavy atom. The van der Waals surface area contributed by atoms with Gasteiger partial charge in [-0.1, -0.05) is 39.1 Å². The monoisotopic (exact) mass is 374 g/mol. The number of rotatable bonds is 3. The molecular formula is C13H13BrCl2N4. The molecule has 0 spiro atoms. The van der Waals surface area contributed by atoms with E-state index >= 15 is 0 Å². The fourth-order valence-electron chi connectivity index (χ4n) is 1.81. The summed E-state index contributed by atoms with van der Waals surface area (Å²) in [4.78, 5) is 4.24. The van der Waals surface area contributed by atoms with E-state index in [-0.39, 0.29) is 0 Å². The maximum absolute atomic E-state index is 6.13. The highest BCUT2D eigenvalue weighted by Crippen LogP contribution is 2.32. The van der Waals surface area contributed by atoms with Crippen molar-refractivity contribution < 1.29 is 0 Å². The lowest BCUT2D eigenvalue weighted by Gasteiger charge is -2.13. The Balaban J connectivity index is 2.39. The molecule has 0 aliphatic carbocycles. The number of nitrogens with two attached hydrogens (primary N) is 1. The largest absolute Gasteiger partial charge is 0.339 e. The number of hydrogen-bond donors (Lipinski definition) is 3. The molecule has 0 saturated carbocycles. The Morgan fingerprint density at radius 1 is 1.05 bits per heavy atom. The summed E-state index contributed by atoms with van der Waals surface area (Å²) < 4.78 is 1.09. The van der Waals surface area contributed by atoms with Gasteiger partial charge in [0.05, 0.1) is 10.0 Å². The Kier molecular flexibility index (Phi) is 4.75. The lowest BCUT2D eigenvalue weighted by molar-refractivity contribution is 1.22. The molecule has 0 radical (unpaired) electrons. The van der Waals surface area contributed by atoms with E-state index in [1.165, 1.54) is 0 Å². The smallest absolute Gasteiger partial charge is 0.161 e. The molecule has 7 heteroatoms. The van der Waals surface area contributed by atoms with Crippen molar-refractivity contribution in [2.24, 2.45) is 5.84 Å². The third-order valence-corrected chi connectivity index (χ3v) is 4.59. The van der Waals surface area contributed by atoms with Gasteiger partial charge in [0, 0.05) is 10.2 Å². The van der Waals surface area contributed by atoms with Crippen LogP contribution in [0.1, 0.15) is 11.1 Å². The lowest BCUT2D eigenvalue weighted by atomic mass is 10.1. The van der Waals surface area contributed by atoms with Crippen molar-refractivity contribution in [3.05, 3.63) is 43.8 Å². The summed E-state index contributed by atoms with van der Waals surface area (Å²) in [6.07, 6.45) is 0. The third-order valence-electron chi connectivity index (χ3n) is 2.77. The van der Waals surface area contributed by atoms with Crippen LogP contribution in [0.2, 0.25) is 10.0 Å². The van der Waals surface area contributed by atoms with Crippen LogP contribution >= 0.6 is 39.1 Å². The van der Waals surface area contributed by atoms with Gasteiger partial charge in [-0.3, -0.25) is 0 Å². The predicted octanol–water partition coefficient (Wildman–Crippen LogP) is 4.80. The molecule has 0 amide bonds. The van der Waals surface area contributed by atoms with E-state index in [2.05, 4.69) is 31.7 Å². The molecule has 0 fully saturated rings. The summed E-state index contributed by atoms with van der Waals surface area (Å²) in [5.74, 6) is 6.21. The van der Waals surface area contributed by atoms with Gasteiger partial charge in [-0.15, -0.1) is 0 Å². The zero-order valence-electron chi connectivity index (χ0n) is 10.9. The maximum Gasteiger partial charge on any atom is 0.161 e. The molecule has 20 heavy (non-hydrogen) atoms. The van der Waals surface area contributed by atoms with Crippen LogP contribution in [0.15, 0.2) is 22.7 Å². The molecular weight excluding hydrogens is 363 g/mol. The van der Waals surface area contributed by atoms with E-state index in [0.717, 1.165) is 21.3 Å². The van der Waals surface area contributed by atoms with E-state index in [0.29, 0.717) is 21.7 Å². The summed E-state index contributed by atoms with van der Waals surface area (Å²) in [6.45, 7) is 4.04. The number of halogens is 3. The van der Waals surface area contributed by atoms with Gasteiger partial charge in [0.1, 0.15) is 0 Å². The number of hydrazine groups is 1. The predicted molar refractivity (Wildman–Crippen MR) is 89.0 cm³/mol. The molecule has 0 aliphatic heterocycles. The summed E-state index contributed by atoms with van der Waals surface area (Å²) in [7, 11) is 0. The Hall–Kier alpha value is -1.01. The van der Waals surface area contributed by atoms with Crippen molar-refractivity contribution in [1.82, 2.24) is 4.98 Å². The molecule has 0 bridgehead atoms. The molecule has 2 aromatic rings. The molecule has 4 N–H and O–H groups in total. The van der Waals surface area contributed by atoms with Crippen LogP contribution in [0.4, 0.5) is 17.3 Å². The first-order valence-corrected chi connectivity index (χ1v) is 7.33. The number of nitrogens with one attached hydrogen (secondary N) is 2. The molecule has 0 atom stereocenters. The minimum Gasteiger partial charge on any atom is -0.339 e. The van der Waals surface area contributed by atoms with Crippen molar-refractivity contribution in [3.63, 3.8) is 0 Å². The zero-order valence-corrected chi connectivity index (χ0v) is 14.0. The van der Waals surface area contributed by atoms with Gasteiger partial charge in [-0.05, 0) is 43.2 Å². The van der Waals surface area contributed by atoms with Crippen LogP contribution in [0.25, 0.3) is 0 Å². The minimum absolute atomic E-state index is 0.365. The zero-order chi connectivity index (χ0) is 14.9. The molecule has 1 aromatic heterocycles. The average Bonchev–Trinajstić information content (AvgIpc) is 2.39. The standard InChI is InChI=1S/C13H13BrCl2N4/c1-6-3-8(4-7(2)11(6)14)18-12-9(15)5-10(16)13(19-12)20-17/h3-5H,17H2,1-2H3,(H2,18,19,20). The van der Waals surface area contributed by atoms with Crippen LogP contribution in [-0.4, -0.2) is 4.98 Å². The van der Waals surface area contributed by atoms with E-state index in [1.54, 1.807) is 6.07 Å². The first-order valence-electron chi connectivity index (χ1n) is 5.78. The van der Waals surface area contributed by atoms with Gasteiger partial charge >= 0.3 is 0 Å². The second-order valence-corrected chi connectivity index (χ2v) is 5.95. The van der Waals surface area contributed by atoms with Crippen molar-refractivity contribution in [2.45, 2.75) is 13.8 Å². The van der Waals surface area contributed by atoms with Crippen molar-refractivity contribution >= 4 is 56.5 Å². The highest BCUT2D eigenvalue weighted by molar-refractivity contribution is 9.10. The molecule has 0 aliphatic rings. The van der Waals surface area contributed by atoms with Crippen LogP contribution in [0, 0.1) is 13.8 Å². The van der Waals surface area contributed by atoms with E-state index in [4.69, 9.17) is 29.0 Å². The molecule has 2 rings (SSSR count). The number of nitrogen functional groups attached to an aromatic ring is 1. The Bertz CT molecular complexity index is 638. The quantitative estimate of drug-likeness (QED) is 0.532. The number of aromatic nitrogens is 1. The van der Waals surface area contributed by atoms with Crippen molar-refractivity contribution in [3.8, 4) is 0 Å². The van der Waals surface area contributed by atoms with Crippen LogP contribution in [-0.2, 0) is 0 Å². The van der Waals surface area contributed by atoms with Crippen molar-refractivity contribution in [1.29, 1.82) is 0 Å². The Morgan fingerprint density at radius 3 is 2.15 bits per heavy atom. The average molecular weight is 376 g/mol. The molecule has 0 saturated heterocycles.